The van der Waals surface area contributed by atoms with Crippen molar-refractivity contribution in [3.8, 4) is 11.3 Å². The minimum absolute atomic E-state index is 0.0456. The van der Waals surface area contributed by atoms with Gasteiger partial charge in [0.25, 0.3) is 0 Å². The van der Waals surface area contributed by atoms with E-state index in [1.807, 2.05) is 0 Å². The molecular weight excluding hydrogens is 253 g/mol. The summed E-state index contributed by atoms with van der Waals surface area (Å²) in [5.41, 5.74) is -0.197. The van der Waals surface area contributed by atoms with Crippen LogP contribution in [0.1, 0.15) is 12.7 Å². The summed E-state index contributed by atoms with van der Waals surface area (Å²) in [6.45, 7) is 1.44. The van der Waals surface area contributed by atoms with E-state index in [0.717, 1.165) is 12.1 Å². The molecule has 0 unspecified atom stereocenters. The molecule has 1 aromatic carbocycles. The molecule has 0 saturated carbocycles. The molecule has 0 saturated heterocycles. The van der Waals surface area contributed by atoms with Gasteiger partial charge in [-0.3, -0.25) is 14.9 Å². The van der Waals surface area contributed by atoms with Crippen LogP contribution in [0.25, 0.3) is 11.3 Å². The fourth-order valence-electron chi connectivity index (χ4n) is 1.68. The Balaban J connectivity index is 2.32. The van der Waals surface area contributed by atoms with Crippen molar-refractivity contribution in [2.75, 3.05) is 0 Å². The molecule has 6 heteroatoms. The van der Waals surface area contributed by atoms with Crippen LogP contribution in [0.2, 0.25) is 0 Å². The van der Waals surface area contributed by atoms with E-state index in [2.05, 4.69) is 0 Å². The van der Waals surface area contributed by atoms with E-state index in [0.29, 0.717) is 17.1 Å². The number of hydrogen-bond donors (Lipinski definition) is 0. The summed E-state index contributed by atoms with van der Waals surface area (Å²) in [5, 5.41) is 10.5. The van der Waals surface area contributed by atoms with Crippen molar-refractivity contribution >= 4 is 11.5 Å². The molecule has 0 fully saturated rings. The van der Waals surface area contributed by atoms with Crippen LogP contribution >= 0.6 is 0 Å². The highest BCUT2D eigenvalue weighted by molar-refractivity contribution is 5.77. The van der Waals surface area contributed by atoms with Crippen LogP contribution in [0.5, 0.6) is 0 Å². The van der Waals surface area contributed by atoms with Gasteiger partial charge in [0.1, 0.15) is 17.3 Å². The number of benzene rings is 1. The topological polar surface area (TPSA) is 73.3 Å². The Morgan fingerprint density at radius 3 is 2.68 bits per heavy atom. The zero-order valence-corrected chi connectivity index (χ0v) is 10.1. The molecule has 1 aromatic heterocycles. The Morgan fingerprint density at radius 2 is 2.11 bits per heavy atom. The van der Waals surface area contributed by atoms with Gasteiger partial charge in [0.05, 0.1) is 11.3 Å². The van der Waals surface area contributed by atoms with Gasteiger partial charge in [0, 0.05) is 11.6 Å². The summed E-state index contributed by atoms with van der Waals surface area (Å²) >= 11 is 0. The lowest BCUT2D eigenvalue weighted by atomic mass is 10.1. The first-order chi connectivity index (χ1) is 8.97. The molecule has 0 bridgehead atoms. The Labute approximate surface area is 107 Å². The minimum atomic E-state index is -0.924. The lowest BCUT2D eigenvalue weighted by Gasteiger charge is -1.98. The molecule has 0 amide bonds. The average molecular weight is 263 g/mol. The number of nitrogens with zero attached hydrogens (tertiary/aromatic N) is 1. The number of carbonyl (C=O) groups is 1. The first-order valence-corrected chi connectivity index (χ1v) is 5.50. The zero-order chi connectivity index (χ0) is 14.0. The molecule has 0 aliphatic carbocycles. The number of nitro benzene ring substituents is 1. The number of rotatable bonds is 4. The predicted molar refractivity (Wildman–Crippen MR) is 65.1 cm³/mol. The van der Waals surface area contributed by atoms with E-state index in [1.165, 1.54) is 13.0 Å². The third kappa shape index (κ3) is 2.85. The highest BCUT2D eigenvalue weighted by Crippen LogP contribution is 2.27. The van der Waals surface area contributed by atoms with Crippen LogP contribution in [0.4, 0.5) is 10.1 Å². The molecule has 0 spiro atoms. The van der Waals surface area contributed by atoms with E-state index in [-0.39, 0.29) is 12.2 Å². The van der Waals surface area contributed by atoms with Crippen molar-refractivity contribution in [2.24, 2.45) is 0 Å². The second-order valence-electron chi connectivity index (χ2n) is 4.07. The summed E-state index contributed by atoms with van der Waals surface area (Å²) < 4.78 is 18.8. The highest BCUT2D eigenvalue weighted by Gasteiger charge is 2.15. The number of carbonyl (C=O) groups excluding carboxylic acids is 1. The summed E-state index contributed by atoms with van der Waals surface area (Å²) in [6.07, 6.45) is 0.162. The molecule has 98 valence electrons. The van der Waals surface area contributed by atoms with E-state index in [9.17, 15) is 19.3 Å². The van der Waals surface area contributed by atoms with Gasteiger partial charge in [-0.15, -0.1) is 0 Å². The number of Topliss-reactive ketones (excluding diaryl/α,β-unsaturated/α-hetero) is 1. The maximum absolute atomic E-state index is 13.5. The smallest absolute Gasteiger partial charge is 0.304 e. The highest BCUT2D eigenvalue weighted by atomic mass is 19.1. The molecule has 0 atom stereocenters. The number of nitro groups is 1. The average Bonchev–Trinajstić information content (AvgIpc) is 2.75. The Kier molecular flexibility index (Phi) is 3.41. The van der Waals surface area contributed by atoms with Gasteiger partial charge in [0.2, 0.25) is 5.82 Å². The van der Waals surface area contributed by atoms with Crippen molar-refractivity contribution in [1.82, 2.24) is 0 Å². The molecule has 5 nitrogen and oxygen atoms in total. The predicted octanol–water partition coefficient (Wildman–Crippen LogP) is 3.13. The number of furan rings is 1. The molecule has 19 heavy (non-hydrogen) atoms. The van der Waals surface area contributed by atoms with E-state index < -0.39 is 16.4 Å². The van der Waals surface area contributed by atoms with Crippen molar-refractivity contribution in [2.45, 2.75) is 13.3 Å². The minimum Gasteiger partial charge on any atom is -0.461 e. The van der Waals surface area contributed by atoms with Gasteiger partial charge in [-0.05, 0) is 31.2 Å². The number of hydrogen-bond acceptors (Lipinski definition) is 4. The molecule has 1 heterocycles. The second kappa shape index (κ2) is 5.01. The fraction of sp³-hybridized carbons (Fsp3) is 0.154. The standard InChI is InChI=1S/C13H10FNO4/c1-8(16)6-10-3-5-13(19-10)9-2-4-12(15(17)18)11(14)7-9/h2-5,7H,6H2,1H3. The van der Waals surface area contributed by atoms with Crippen LogP contribution in [0.3, 0.4) is 0 Å². The van der Waals surface area contributed by atoms with Gasteiger partial charge in [0.15, 0.2) is 0 Å². The van der Waals surface area contributed by atoms with Crippen LogP contribution in [0, 0.1) is 15.9 Å². The van der Waals surface area contributed by atoms with Crippen molar-refractivity contribution in [1.29, 1.82) is 0 Å². The molecule has 2 aromatic rings. The number of ketones is 1. The molecule has 2 rings (SSSR count). The Morgan fingerprint density at radius 1 is 1.37 bits per heavy atom. The van der Waals surface area contributed by atoms with Crippen LogP contribution < -0.4 is 0 Å². The first-order valence-electron chi connectivity index (χ1n) is 5.50. The molecule has 0 aliphatic heterocycles. The molecular formula is C13H10FNO4. The van der Waals surface area contributed by atoms with Crippen LogP contribution in [-0.4, -0.2) is 10.7 Å². The molecule has 0 aliphatic rings. The fourth-order valence-corrected chi connectivity index (χ4v) is 1.68. The van der Waals surface area contributed by atoms with Gasteiger partial charge >= 0.3 is 5.69 Å². The van der Waals surface area contributed by atoms with Crippen LogP contribution in [0.15, 0.2) is 34.7 Å². The monoisotopic (exact) mass is 263 g/mol. The quantitative estimate of drug-likeness (QED) is 0.627. The summed E-state index contributed by atoms with van der Waals surface area (Å²) in [5.74, 6) is -0.130. The van der Waals surface area contributed by atoms with Crippen molar-refractivity contribution in [3.05, 3.63) is 52.0 Å². The lowest BCUT2D eigenvalue weighted by Crippen LogP contribution is -1.93. The molecule has 0 N–H and O–H groups in total. The van der Waals surface area contributed by atoms with Gasteiger partial charge in [-0.2, -0.15) is 4.39 Å². The Bertz CT molecular complexity index is 648. The summed E-state index contributed by atoms with van der Waals surface area (Å²) in [7, 11) is 0. The summed E-state index contributed by atoms with van der Waals surface area (Å²) in [6, 6.07) is 6.73. The Hall–Kier alpha value is -2.50. The van der Waals surface area contributed by atoms with E-state index >= 15 is 0 Å². The largest absolute Gasteiger partial charge is 0.461 e. The van der Waals surface area contributed by atoms with E-state index in [1.54, 1.807) is 12.1 Å². The van der Waals surface area contributed by atoms with E-state index in [4.69, 9.17) is 4.42 Å². The first kappa shape index (κ1) is 12.9. The van der Waals surface area contributed by atoms with Gasteiger partial charge < -0.3 is 4.42 Å². The van der Waals surface area contributed by atoms with Crippen LogP contribution in [-0.2, 0) is 11.2 Å². The van der Waals surface area contributed by atoms with Crippen molar-refractivity contribution in [3.63, 3.8) is 0 Å². The maximum atomic E-state index is 13.5. The second-order valence-corrected chi connectivity index (χ2v) is 4.07. The van der Waals surface area contributed by atoms with Gasteiger partial charge in [-0.25, -0.2) is 0 Å². The normalized spacial score (nSPS) is 10.4. The summed E-state index contributed by atoms with van der Waals surface area (Å²) in [4.78, 5) is 20.6. The number of halogens is 1. The third-order valence-electron chi connectivity index (χ3n) is 2.51. The molecule has 0 radical (unpaired) electrons. The lowest BCUT2D eigenvalue weighted by molar-refractivity contribution is -0.387. The van der Waals surface area contributed by atoms with Gasteiger partial charge in [-0.1, -0.05) is 0 Å². The van der Waals surface area contributed by atoms with Crippen molar-refractivity contribution < 1.29 is 18.5 Å². The third-order valence-corrected chi connectivity index (χ3v) is 2.51. The SMILES string of the molecule is CC(=O)Cc1ccc(-c2ccc([N+](=O)[O-])c(F)c2)o1. The maximum Gasteiger partial charge on any atom is 0.304 e. The zero-order valence-electron chi connectivity index (χ0n) is 10.1.